The van der Waals surface area contributed by atoms with Gasteiger partial charge in [0.1, 0.15) is 5.82 Å². The van der Waals surface area contributed by atoms with Crippen molar-refractivity contribution in [2.24, 2.45) is 0 Å². The highest BCUT2D eigenvalue weighted by molar-refractivity contribution is 9.09. The Kier molecular flexibility index (Phi) is 6.02. The molecule has 0 aliphatic carbocycles. The fourth-order valence-corrected chi connectivity index (χ4v) is 3.03. The standard InChI is InChI=1S/C16H21BrFNO/c17-10-3-5-16(20)19-11-2-1-4-14(12-19)13-6-8-15(18)9-7-13/h6-9,14H,1-5,10-12H2. The molecule has 4 heteroatoms. The van der Waals surface area contributed by atoms with Crippen LogP contribution < -0.4 is 0 Å². The van der Waals surface area contributed by atoms with Gasteiger partial charge in [-0.25, -0.2) is 4.39 Å². The molecule has 1 fully saturated rings. The number of carbonyl (C=O) groups excluding carboxylic acids is 1. The summed E-state index contributed by atoms with van der Waals surface area (Å²) in [6.45, 7) is 1.63. The van der Waals surface area contributed by atoms with Crippen molar-refractivity contribution in [2.75, 3.05) is 18.4 Å². The summed E-state index contributed by atoms with van der Waals surface area (Å²) in [6, 6.07) is 6.73. The van der Waals surface area contributed by atoms with E-state index in [9.17, 15) is 9.18 Å². The minimum atomic E-state index is -0.201. The summed E-state index contributed by atoms with van der Waals surface area (Å²) in [5, 5.41) is 0.869. The van der Waals surface area contributed by atoms with E-state index in [-0.39, 0.29) is 11.7 Å². The Morgan fingerprint density at radius 1 is 1.30 bits per heavy atom. The molecule has 0 saturated carbocycles. The van der Waals surface area contributed by atoms with Crippen molar-refractivity contribution in [1.82, 2.24) is 4.90 Å². The van der Waals surface area contributed by atoms with Crippen molar-refractivity contribution in [3.63, 3.8) is 0 Å². The second-order valence-electron chi connectivity index (χ2n) is 5.38. The lowest BCUT2D eigenvalue weighted by atomic mass is 9.94. The topological polar surface area (TPSA) is 20.3 Å². The Hall–Kier alpha value is -0.900. The number of amides is 1. The van der Waals surface area contributed by atoms with Crippen LogP contribution in [0.2, 0.25) is 0 Å². The second kappa shape index (κ2) is 7.77. The summed E-state index contributed by atoms with van der Waals surface area (Å²) in [4.78, 5) is 14.2. The van der Waals surface area contributed by atoms with Crippen LogP contribution in [0.25, 0.3) is 0 Å². The van der Waals surface area contributed by atoms with E-state index in [2.05, 4.69) is 15.9 Å². The van der Waals surface area contributed by atoms with Gasteiger partial charge in [0, 0.05) is 30.8 Å². The molecule has 0 spiro atoms. The number of hydrogen-bond donors (Lipinski definition) is 0. The minimum Gasteiger partial charge on any atom is -0.342 e. The summed E-state index contributed by atoms with van der Waals surface area (Å²) in [5.41, 5.74) is 1.14. The molecule has 1 atom stereocenters. The number of carbonyl (C=O) groups is 1. The van der Waals surface area contributed by atoms with Crippen LogP contribution in [0.5, 0.6) is 0 Å². The average molecular weight is 342 g/mol. The summed E-state index contributed by atoms with van der Waals surface area (Å²) in [7, 11) is 0. The normalized spacial score (nSPS) is 19.7. The van der Waals surface area contributed by atoms with Crippen LogP contribution in [-0.2, 0) is 4.79 Å². The monoisotopic (exact) mass is 341 g/mol. The molecule has 2 nitrogen and oxygen atoms in total. The summed E-state index contributed by atoms with van der Waals surface area (Å²) < 4.78 is 13.0. The van der Waals surface area contributed by atoms with Gasteiger partial charge < -0.3 is 4.90 Å². The maximum absolute atomic E-state index is 13.0. The predicted octanol–water partition coefficient (Wildman–Crippen LogP) is 4.10. The molecule has 0 radical (unpaired) electrons. The van der Waals surface area contributed by atoms with E-state index in [0.717, 1.165) is 49.7 Å². The van der Waals surface area contributed by atoms with Gasteiger partial charge in [-0.05, 0) is 37.0 Å². The largest absolute Gasteiger partial charge is 0.342 e. The molecule has 1 unspecified atom stereocenters. The first-order valence-electron chi connectivity index (χ1n) is 7.30. The molecule has 1 aliphatic heterocycles. The zero-order valence-electron chi connectivity index (χ0n) is 11.7. The molecule has 110 valence electrons. The Bertz CT molecular complexity index is 435. The van der Waals surface area contributed by atoms with Crippen molar-refractivity contribution >= 4 is 21.8 Å². The first kappa shape index (κ1) is 15.5. The minimum absolute atomic E-state index is 0.201. The second-order valence-corrected chi connectivity index (χ2v) is 6.17. The van der Waals surface area contributed by atoms with Crippen LogP contribution >= 0.6 is 15.9 Å². The lowest BCUT2D eigenvalue weighted by Crippen LogP contribution is -2.34. The summed E-state index contributed by atoms with van der Waals surface area (Å²) in [6.07, 6.45) is 4.77. The van der Waals surface area contributed by atoms with Crippen LogP contribution in [0.15, 0.2) is 24.3 Å². The van der Waals surface area contributed by atoms with Crippen molar-refractivity contribution in [3.05, 3.63) is 35.6 Å². The first-order chi connectivity index (χ1) is 9.70. The highest BCUT2D eigenvalue weighted by Gasteiger charge is 2.22. The van der Waals surface area contributed by atoms with Gasteiger partial charge in [0.15, 0.2) is 0 Å². The summed E-state index contributed by atoms with van der Waals surface area (Å²) in [5.74, 6) is 0.386. The van der Waals surface area contributed by atoms with E-state index < -0.39 is 0 Å². The first-order valence-corrected chi connectivity index (χ1v) is 8.42. The highest BCUT2D eigenvalue weighted by atomic mass is 79.9. The van der Waals surface area contributed by atoms with E-state index in [1.54, 1.807) is 0 Å². The highest BCUT2D eigenvalue weighted by Crippen LogP contribution is 2.27. The van der Waals surface area contributed by atoms with Crippen LogP contribution in [0.4, 0.5) is 4.39 Å². The zero-order chi connectivity index (χ0) is 14.4. The molecule has 0 N–H and O–H groups in total. The number of benzene rings is 1. The third kappa shape index (κ3) is 4.30. The van der Waals surface area contributed by atoms with E-state index in [0.29, 0.717) is 12.3 Å². The Balaban J connectivity index is 2.02. The van der Waals surface area contributed by atoms with E-state index in [4.69, 9.17) is 0 Å². The average Bonchev–Trinajstić information content (AvgIpc) is 2.71. The Morgan fingerprint density at radius 3 is 2.75 bits per heavy atom. The molecule has 1 amide bonds. The smallest absolute Gasteiger partial charge is 0.222 e. The van der Waals surface area contributed by atoms with Gasteiger partial charge in [-0.15, -0.1) is 0 Å². The summed E-state index contributed by atoms with van der Waals surface area (Å²) >= 11 is 3.37. The van der Waals surface area contributed by atoms with Gasteiger partial charge in [-0.3, -0.25) is 4.79 Å². The number of halogens is 2. The zero-order valence-corrected chi connectivity index (χ0v) is 13.2. The van der Waals surface area contributed by atoms with Gasteiger partial charge in [0.25, 0.3) is 0 Å². The van der Waals surface area contributed by atoms with Crippen LogP contribution in [0.3, 0.4) is 0 Å². The number of rotatable bonds is 4. The quantitative estimate of drug-likeness (QED) is 0.755. The Labute approximate surface area is 128 Å². The van der Waals surface area contributed by atoms with E-state index in [1.165, 1.54) is 12.1 Å². The van der Waals surface area contributed by atoms with Crippen molar-refractivity contribution in [3.8, 4) is 0 Å². The van der Waals surface area contributed by atoms with E-state index in [1.807, 2.05) is 17.0 Å². The molecule has 20 heavy (non-hydrogen) atoms. The third-order valence-electron chi connectivity index (χ3n) is 3.89. The molecule has 1 aromatic rings. The van der Waals surface area contributed by atoms with Crippen molar-refractivity contribution < 1.29 is 9.18 Å². The molecule has 1 aliphatic rings. The molecule has 1 saturated heterocycles. The lowest BCUT2D eigenvalue weighted by Gasteiger charge is -2.25. The molecule has 1 aromatic carbocycles. The fourth-order valence-electron chi connectivity index (χ4n) is 2.75. The number of hydrogen-bond acceptors (Lipinski definition) is 1. The molecule has 0 aromatic heterocycles. The maximum Gasteiger partial charge on any atom is 0.222 e. The number of likely N-dealkylation sites (tertiary alicyclic amines) is 1. The lowest BCUT2D eigenvalue weighted by molar-refractivity contribution is -0.131. The fraction of sp³-hybridized carbons (Fsp3) is 0.562. The molecule has 2 rings (SSSR count). The maximum atomic E-state index is 13.0. The van der Waals surface area contributed by atoms with Gasteiger partial charge in [0.05, 0.1) is 0 Å². The number of nitrogens with zero attached hydrogens (tertiary/aromatic N) is 1. The Morgan fingerprint density at radius 2 is 2.05 bits per heavy atom. The van der Waals surface area contributed by atoms with Crippen LogP contribution in [-0.4, -0.2) is 29.2 Å². The SMILES string of the molecule is O=C(CCCBr)N1CCCCC(c2ccc(F)cc2)C1. The van der Waals surface area contributed by atoms with E-state index >= 15 is 0 Å². The van der Waals surface area contributed by atoms with Gasteiger partial charge in [-0.1, -0.05) is 34.5 Å². The van der Waals surface area contributed by atoms with Crippen LogP contribution in [0.1, 0.15) is 43.6 Å². The molecular formula is C16H21BrFNO. The third-order valence-corrected chi connectivity index (χ3v) is 4.45. The molecule has 1 heterocycles. The van der Waals surface area contributed by atoms with Gasteiger partial charge in [0.2, 0.25) is 5.91 Å². The van der Waals surface area contributed by atoms with Crippen molar-refractivity contribution in [2.45, 2.75) is 38.0 Å². The van der Waals surface area contributed by atoms with Crippen LogP contribution in [0, 0.1) is 5.82 Å². The van der Waals surface area contributed by atoms with Crippen molar-refractivity contribution in [1.29, 1.82) is 0 Å². The van der Waals surface area contributed by atoms with Gasteiger partial charge >= 0.3 is 0 Å². The predicted molar refractivity (Wildman–Crippen MR) is 82.6 cm³/mol. The van der Waals surface area contributed by atoms with Gasteiger partial charge in [-0.2, -0.15) is 0 Å². The number of alkyl halides is 1. The molecular weight excluding hydrogens is 321 g/mol. The molecule has 0 bridgehead atoms.